The average Bonchev–Trinajstić information content (AvgIpc) is 2.97. The summed E-state index contributed by atoms with van der Waals surface area (Å²) in [5.41, 5.74) is 11.2. The summed E-state index contributed by atoms with van der Waals surface area (Å²) in [6.07, 6.45) is -26.8. The third kappa shape index (κ3) is 14.2. The monoisotopic (exact) mass is 714 g/mol. The second-order valence-corrected chi connectivity index (χ2v) is 9.63. The number of hydrogen-bond acceptors (Lipinski definition) is 16. The van der Waals surface area contributed by atoms with Crippen molar-refractivity contribution in [1.82, 2.24) is 0 Å². The summed E-state index contributed by atoms with van der Waals surface area (Å²) in [4.78, 5) is 28.7. The van der Waals surface area contributed by atoms with E-state index in [-0.39, 0.29) is 19.4 Å². The van der Waals surface area contributed by atoms with Crippen LogP contribution in [0.1, 0.15) is 12.8 Å². The highest BCUT2D eigenvalue weighted by Gasteiger charge is 2.51. The van der Waals surface area contributed by atoms with Crippen LogP contribution in [-0.2, 0) is 33.3 Å². The Hall–Kier alpha value is -2.53. The van der Waals surface area contributed by atoms with E-state index in [1.54, 1.807) is 0 Å². The molecule has 2 fully saturated rings. The fourth-order valence-corrected chi connectivity index (χ4v) is 3.57. The summed E-state index contributed by atoms with van der Waals surface area (Å²) < 4.78 is 85.5. The Balaban J connectivity index is 0.00000126. The zero-order valence-electron chi connectivity index (χ0n) is 23.7. The standard InChI is InChI=1S/C18H34N2O13.2C2HF3O2/c19-3-6(1-2-7(20)16(28)29)30-18-15(13(26)11(24)9(5-22)32-18)33-17-14(27)12(25)10(23)8(4-21)31-17;2*3-2(4,5)1(6)7/h6-15,17-18,21-27H,1-5,19-20H2,(H,28,29);2*(H,6,7)/t6-,7+,8-,9-,10-,11+,12+,13+,14-,15-,17-,18-;;/m1../s1. The molecular weight excluding hydrogens is 678 g/mol. The van der Waals surface area contributed by atoms with E-state index in [4.69, 9.17) is 55.3 Å². The molecule has 14 N–H and O–H groups in total. The molecule has 19 nitrogen and oxygen atoms in total. The van der Waals surface area contributed by atoms with Gasteiger partial charge in [-0.15, -0.1) is 0 Å². The molecule has 12 atom stereocenters. The molecule has 0 spiro atoms. The number of carboxylic acids is 3. The van der Waals surface area contributed by atoms with Gasteiger partial charge < -0.3 is 81.5 Å². The fraction of sp³-hybridized carbons (Fsp3) is 0.864. The SMILES string of the molecule is NC[C@@H](CC[C@H](N)C(=O)O)O[C@@H]1O[C@H](CO)[C@H](O)[C@H](O)[C@H]1O[C@H]1O[C@H](CO)[C@@H](O)[C@H](O)[C@H]1O.O=C(O)C(F)(F)F.O=C(O)C(F)(F)F. The van der Waals surface area contributed by atoms with Crippen LogP contribution in [0.4, 0.5) is 26.3 Å². The summed E-state index contributed by atoms with van der Waals surface area (Å²) >= 11 is 0. The number of aliphatic hydroxyl groups excluding tert-OH is 7. The molecule has 278 valence electrons. The molecule has 2 aliphatic rings. The van der Waals surface area contributed by atoms with E-state index in [2.05, 4.69) is 0 Å². The maximum absolute atomic E-state index is 10.9. The van der Waals surface area contributed by atoms with Gasteiger partial charge in [0.1, 0.15) is 54.9 Å². The van der Waals surface area contributed by atoms with Gasteiger partial charge in [0.15, 0.2) is 12.6 Å². The molecule has 0 aromatic carbocycles. The summed E-state index contributed by atoms with van der Waals surface area (Å²) in [5, 5.41) is 92.8. The molecule has 47 heavy (non-hydrogen) atoms. The van der Waals surface area contributed by atoms with Crippen molar-refractivity contribution in [3.8, 4) is 0 Å². The predicted molar refractivity (Wildman–Crippen MR) is 133 cm³/mol. The zero-order chi connectivity index (χ0) is 37.0. The third-order valence-corrected chi connectivity index (χ3v) is 6.16. The van der Waals surface area contributed by atoms with Gasteiger partial charge in [-0.3, -0.25) is 4.79 Å². The van der Waals surface area contributed by atoms with E-state index in [1.165, 1.54) is 0 Å². The molecule has 2 heterocycles. The van der Waals surface area contributed by atoms with Gasteiger partial charge >= 0.3 is 30.3 Å². The Morgan fingerprint density at radius 1 is 0.702 bits per heavy atom. The van der Waals surface area contributed by atoms with Crippen LogP contribution >= 0.6 is 0 Å². The maximum atomic E-state index is 10.9. The van der Waals surface area contributed by atoms with Crippen LogP contribution in [0, 0.1) is 0 Å². The average molecular weight is 715 g/mol. The lowest BCUT2D eigenvalue weighted by Crippen LogP contribution is -2.65. The Labute approximate surface area is 259 Å². The number of halogens is 6. The van der Waals surface area contributed by atoms with E-state index >= 15 is 0 Å². The molecule has 2 rings (SSSR count). The summed E-state index contributed by atoms with van der Waals surface area (Å²) in [5.74, 6) is -6.73. The lowest BCUT2D eigenvalue weighted by Gasteiger charge is -2.46. The number of hydrogen-bond donors (Lipinski definition) is 12. The summed E-state index contributed by atoms with van der Waals surface area (Å²) in [6, 6.07) is -1.17. The number of aliphatic hydroxyl groups is 7. The van der Waals surface area contributed by atoms with E-state index < -0.39 is 117 Å². The second kappa shape index (κ2) is 19.5. The first-order chi connectivity index (χ1) is 21.4. The van der Waals surface area contributed by atoms with Crippen molar-refractivity contribution in [2.45, 2.75) is 98.8 Å². The number of carboxylic acid groups (broad SMARTS) is 3. The van der Waals surface area contributed by atoms with Crippen LogP contribution in [0.2, 0.25) is 0 Å². The Kier molecular flexibility index (Phi) is 18.4. The van der Waals surface area contributed by atoms with Gasteiger partial charge in [0, 0.05) is 6.54 Å². The first-order valence-electron chi connectivity index (χ1n) is 13.0. The summed E-state index contributed by atoms with van der Waals surface area (Å²) in [7, 11) is 0. The quantitative estimate of drug-likeness (QED) is 0.0896. The number of rotatable bonds is 11. The minimum Gasteiger partial charge on any atom is -0.480 e. The molecule has 0 unspecified atom stereocenters. The molecule has 0 aromatic heterocycles. The van der Waals surface area contributed by atoms with Crippen LogP contribution < -0.4 is 11.5 Å². The van der Waals surface area contributed by atoms with E-state index in [0.717, 1.165) is 0 Å². The van der Waals surface area contributed by atoms with Gasteiger partial charge in [-0.1, -0.05) is 0 Å². The van der Waals surface area contributed by atoms with Gasteiger partial charge in [0.25, 0.3) is 0 Å². The number of aliphatic carboxylic acids is 3. The molecule has 0 aromatic rings. The zero-order valence-corrected chi connectivity index (χ0v) is 23.7. The normalized spacial score (nSPS) is 32.5. The van der Waals surface area contributed by atoms with E-state index in [9.17, 15) is 66.9 Å². The lowest BCUT2D eigenvalue weighted by atomic mass is 9.97. The maximum Gasteiger partial charge on any atom is 0.490 e. The smallest absolute Gasteiger partial charge is 0.480 e. The molecule has 2 saturated heterocycles. The summed E-state index contributed by atoms with van der Waals surface area (Å²) in [6.45, 7) is -1.52. The minimum absolute atomic E-state index is 0.00321. The largest absolute Gasteiger partial charge is 0.490 e. The highest BCUT2D eigenvalue weighted by molar-refractivity contribution is 5.73. The van der Waals surface area contributed by atoms with Gasteiger partial charge in [0.2, 0.25) is 0 Å². The molecule has 0 saturated carbocycles. The Morgan fingerprint density at radius 2 is 1.11 bits per heavy atom. The third-order valence-electron chi connectivity index (χ3n) is 6.16. The van der Waals surface area contributed by atoms with Gasteiger partial charge in [-0.2, -0.15) is 26.3 Å². The Bertz CT molecular complexity index is 953. The first kappa shape index (κ1) is 44.5. The van der Waals surface area contributed by atoms with Crippen molar-refractivity contribution < 1.29 is 111 Å². The Morgan fingerprint density at radius 3 is 1.47 bits per heavy atom. The topological polar surface area (TPSA) is 342 Å². The number of nitrogens with two attached hydrogens (primary N) is 2. The molecule has 25 heteroatoms. The highest BCUT2D eigenvalue weighted by atomic mass is 19.4. The van der Waals surface area contributed by atoms with E-state index in [0.29, 0.717) is 0 Å². The second-order valence-electron chi connectivity index (χ2n) is 9.63. The fourth-order valence-electron chi connectivity index (χ4n) is 3.57. The van der Waals surface area contributed by atoms with Crippen LogP contribution in [-0.4, -0.2) is 175 Å². The minimum atomic E-state index is -5.08. The van der Waals surface area contributed by atoms with Gasteiger partial charge in [0.05, 0.1) is 19.3 Å². The van der Waals surface area contributed by atoms with Crippen LogP contribution in [0.3, 0.4) is 0 Å². The van der Waals surface area contributed by atoms with Gasteiger partial charge in [-0.25, -0.2) is 9.59 Å². The number of ether oxygens (including phenoxy) is 4. The van der Waals surface area contributed by atoms with Crippen molar-refractivity contribution in [3.63, 3.8) is 0 Å². The highest BCUT2D eigenvalue weighted by Crippen LogP contribution is 2.30. The number of alkyl halides is 6. The van der Waals surface area contributed by atoms with Crippen molar-refractivity contribution in [2.24, 2.45) is 11.5 Å². The van der Waals surface area contributed by atoms with Crippen LogP contribution in [0.25, 0.3) is 0 Å². The van der Waals surface area contributed by atoms with Crippen molar-refractivity contribution in [3.05, 3.63) is 0 Å². The van der Waals surface area contributed by atoms with Crippen molar-refractivity contribution in [1.29, 1.82) is 0 Å². The number of carbonyl (C=O) groups is 3. The lowest BCUT2D eigenvalue weighted by molar-refractivity contribution is -0.371. The van der Waals surface area contributed by atoms with E-state index in [1.807, 2.05) is 0 Å². The molecule has 0 amide bonds. The molecule has 0 radical (unpaired) electrons. The van der Waals surface area contributed by atoms with Crippen LogP contribution in [0.5, 0.6) is 0 Å². The van der Waals surface area contributed by atoms with Crippen molar-refractivity contribution in [2.75, 3.05) is 19.8 Å². The predicted octanol–water partition coefficient (Wildman–Crippen LogP) is -4.59. The van der Waals surface area contributed by atoms with Crippen LogP contribution in [0.15, 0.2) is 0 Å². The van der Waals surface area contributed by atoms with Gasteiger partial charge in [-0.05, 0) is 12.8 Å². The molecular formula is C22H36F6N2O17. The molecule has 2 aliphatic heterocycles. The molecule has 0 aliphatic carbocycles. The van der Waals surface area contributed by atoms with Crippen molar-refractivity contribution >= 4 is 17.9 Å². The first-order valence-corrected chi connectivity index (χ1v) is 13.0. The molecule has 0 bridgehead atoms.